The minimum Gasteiger partial charge on any atom is -0.317 e. The monoisotopic (exact) mass is 153 g/mol. The predicted octanol–water partition coefficient (Wildman–Crippen LogP) is 0.963. The molecule has 0 aliphatic heterocycles. The second kappa shape index (κ2) is 2.59. The van der Waals surface area contributed by atoms with E-state index in [4.69, 9.17) is 0 Å². The topological polar surface area (TPSA) is 29.1 Å². The van der Waals surface area contributed by atoms with Gasteiger partial charge in [-0.15, -0.1) is 0 Å². The Morgan fingerprint density at radius 2 is 1.82 bits per heavy atom. The summed E-state index contributed by atoms with van der Waals surface area (Å²) in [6.45, 7) is 0. The smallest absolute Gasteiger partial charge is 0.139 e. The van der Waals surface area contributed by atoms with Crippen molar-refractivity contribution in [1.82, 2.24) is 5.32 Å². The Morgan fingerprint density at radius 1 is 1.27 bits per heavy atom. The van der Waals surface area contributed by atoms with Gasteiger partial charge in [0.05, 0.1) is 0 Å². The van der Waals surface area contributed by atoms with Crippen LogP contribution in [0.1, 0.15) is 25.7 Å². The van der Waals surface area contributed by atoms with Gasteiger partial charge in [0.25, 0.3) is 0 Å². The average Bonchev–Trinajstić information content (AvgIpc) is 2.26. The van der Waals surface area contributed by atoms with Gasteiger partial charge in [-0.2, -0.15) is 0 Å². The summed E-state index contributed by atoms with van der Waals surface area (Å²) in [5.74, 6) is 1.37. The second-order valence-corrected chi connectivity index (χ2v) is 3.83. The first-order chi connectivity index (χ1) is 5.31. The number of fused-ring (bicyclic) bond motifs is 2. The van der Waals surface area contributed by atoms with Crippen LogP contribution in [0.2, 0.25) is 0 Å². The number of hydrogen-bond acceptors (Lipinski definition) is 2. The number of Topliss-reactive ketones (excluding diaryl/α,β-unsaturated/α-hetero) is 1. The lowest BCUT2D eigenvalue weighted by molar-refractivity contribution is -0.126. The van der Waals surface area contributed by atoms with Crippen molar-refractivity contribution in [1.29, 1.82) is 0 Å². The molecular weight excluding hydrogens is 138 g/mol. The van der Waals surface area contributed by atoms with Crippen LogP contribution in [0.25, 0.3) is 0 Å². The molecule has 0 amide bonds. The molecule has 1 N–H and O–H groups in total. The van der Waals surface area contributed by atoms with Crippen molar-refractivity contribution in [3.05, 3.63) is 0 Å². The van der Waals surface area contributed by atoms with Crippen LogP contribution >= 0.6 is 0 Å². The Morgan fingerprint density at radius 3 is 2.27 bits per heavy atom. The zero-order valence-electron chi connectivity index (χ0n) is 6.97. The zero-order valence-corrected chi connectivity index (χ0v) is 6.97. The Labute approximate surface area is 67.4 Å². The van der Waals surface area contributed by atoms with E-state index < -0.39 is 0 Å². The molecule has 3 atom stereocenters. The number of carbonyl (C=O) groups excluding carboxylic acids is 1. The quantitative estimate of drug-likeness (QED) is 0.608. The standard InChI is InChI=1S/C9H15NO/c1-10-8-4-6-2-3-7(5-8)9(6)11/h6-8,10H,2-5H2,1H3/t6-,7+,8?. The minimum atomic E-state index is 0.409. The van der Waals surface area contributed by atoms with E-state index in [1.54, 1.807) is 0 Å². The zero-order chi connectivity index (χ0) is 7.84. The van der Waals surface area contributed by atoms with Crippen molar-refractivity contribution in [3.8, 4) is 0 Å². The molecule has 2 rings (SSSR count). The molecule has 0 heterocycles. The third-order valence-electron chi connectivity index (χ3n) is 3.21. The predicted molar refractivity (Wildman–Crippen MR) is 43.3 cm³/mol. The fourth-order valence-electron chi connectivity index (χ4n) is 2.51. The van der Waals surface area contributed by atoms with E-state index in [1.165, 1.54) is 0 Å². The summed E-state index contributed by atoms with van der Waals surface area (Å²) in [5.41, 5.74) is 0. The molecule has 2 aliphatic carbocycles. The Bertz CT molecular complexity index is 162. The molecule has 62 valence electrons. The van der Waals surface area contributed by atoms with E-state index in [9.17, 15) is 4.79 Å². The molecule has 2 saturated carbocycles. The average molecular weight is 153 g/mol. The summed E-state index contributed by atoms with van der Waals surface area (Å²) in [6, 6.07) is 0.616. The van der Waals surface area contributed by atoms with Gasteiger partial charge in [0.15, 0.2) is 0 Å². The van der Waals surface area contributed by atoms with Crippen molar-refractivity contribution < 1.29 is 4.79 Å². The molecule has 2 aliphatic rings. The molecule has 2 heteroatoms. The lowest BCUT2D eigenvalue weighted by Crippen LogP contribution is -2.36. The normalized spacial score (nSPS) is 43.0. The first-order valence-corrected chi connectivity index (χ1v) is 4.52. The van der Waals surface area contributed by atoms with Gasteiger partial charge in [0.2, 0.25) is 0 Å². The lowest BCUT2D eigenvalue weighted by Gasteiger charge is -2.25. The highest BCUT2D eigenvalue weighted by Crippen LogP contribution is 2.38. The van der Waals surface area contributed by atoms with Crippen molar-refractivity contribution in [2.75, 3.05) is 7.05 Å². The maximum atomic E-state index is 11.4. The van der Waals surface area contributed by atoms with E-state index in [0.29, 0.717) is 23.7 Å². The molecule has 0 saturated heterocycles. The molecule has 2 nitrogen and oxygen atoms in total. The highest BCUT2D eigenvalue weighted by atomic mass is 16.1. The number of rotatable bonds is 1. The Kier molecular flexibility index (Phi) is 1.72. The maximum absolute atomic E-state index is 11.4. The van der Waals surface area contributed by atoms with Gasteiger partial charge in [-0.05, 0) is 32.7 Å². The van der Waals surface area contributed by atoms with E-state index in [2.05, 4.69) is 5.32 Å². The third kappa shape index (κ3) is 1.09. The molecule has 0 aromatic heterocycles. The highest BCUT2D eigenvalue weighted by Gasteiger charge is 2.40. The fourth-order valence-corrected chi connectivity index (χ4v) is 2.51. The maximum Gasteiger partial charge on any atom is 0.139 e. The molecule has 0 spiro atoms. The highest BCUT2D eigenvalue weighted by molar-refractivity contribution is 5.86. The van der Waals surface area contributed by atoms with Gasteiger partial charge in [-0.3, -0.25) is 4.79 Å². The van der Waals surface area contributed by atoms with Gasteiger partial charge < -0.3 is 5.32 Å². The van der Waals surface area contributed by atoms with Crippen molar-refractivity contribution in [3.63, 3.8) is 0 Å². The van der Waals surface area contributed by atoms with Crippen molar-refractivity contribution >= 4 is 5.78 Å². The molecule has 1 unspecified atom stereocenters. The van der Waals surface area contributed by atoms with Crippen LogP contribution < -0.4 is 5.32 Å². The van der Waals surface area contributed by atoms with Crippen LogP contribution in [0, 0.1) is 11.8 Å². The van der Waals surface area contributed by atoms with Crippen molar-refractivity contribution in [2.24, 2.45) is 11.8 Å². The molecule has 0 radical (unpaired) electrons. The first kappa shape index (κ1) is 7.29. The van der Waals surface area contributed by atoms with Crippen LogP contribution in [-0.4, -0.2) is 18.9 Å². The molecule has 2 bridgehead atoms. The van der Waals surface area contributed by atoms with E-state index in [0.717, 1.165) is 25.7 Å². The summed E-state index contributed by atoms with van der Waals surface area (Å²) in [6.07, 6.45) is 4.49. The number of ketones is 1. The lowest BCUT2D eigenvalue weighted by atomic mass is 9.84. The van der Waals surface area contributed by atoms with E-state index in [1.807, 2.05) is 7.05 Å². The van der Waals surface area contributed by atoms with Gasteiger partial charge in [-0.25, -0.2) is 0 Å². The van der Waals surface area contributed by atoms with Crippen LogP contribution in [0.4, 0.5) is 0 Å². The van der Waals surface area contributed by atoms with Gasteiger partial charge >= 0.3 is 0 Å². The molecule has 2 fully saturated rings. The summed E-state index contributed by atoms with van der Waals surface area (Å²) >= 11 is 0. The van der Waals surface area contributed by atoms with Gasteiger partial charge in [-0.1, -0.05) is 0 Å². The fraction of sp³-hybridized carbons (Fsp3) is 0.889. The van der Waals surface area contributed by atoms with E-state index >= 15 is 0 Å². The molecule has 0 aromatic carbocycles. The number of carbonyl (C=O) groups is 1. The first-order valence-electron chi connectivity index (χ1n) is 4.52. The van der Waals surface area contributed by atoms with Gasteiger partial charge in [0.1, 0.15) is 5.78 Å². The SMILES string of the molecule is CNC1C[C@H]2CC[C@@H](C1)C2=O. The molecule has 0 aromatic rings. The number of hydrogen-bond donors (Lipinski definition) is 1. The third-order valence-corrected chi connectivity index (χ3v) is 3.21. The minimum absolute atomic E-state index is 0.409. The summed E-state index contributed by atoms with van der Waals surface area (Å²) in [4.78, 5) is 11.4. The van der Waals surface area contributed by atoms with Gasteiger partial charge in [0, 0.05) is 17.9 Å². The largest absolute Gasteiger partial charge is 0.317 e. The Balaban J connectivity index is 2.08. The molecule has 11 heavy (non-hydrogen) atoms. The van der Waals surface area contributed by atoms with Crippen LogP contribution in [-0.2, 0) is 4.79 Å². The summed E-state index contributed by atoms with van der Waals surface area (Å²) < 4.78 is 0. The molecular formula is C9H15NO. The second-order valence-electron chi connectivity index (χ2n) is 3.83. The van der Waals surface area contributed by atoms with Crippen LogP contribution in [0.5, 0.6) is 0 Å². The Hall–Kier alpha value is -0.370. The van der Waals surface area contributed by atoms with E-state index in [-0.39, 0.29) is 0 Å². The van der Waals surface area contributed by atoms with Crippen LogP contribution in [0.3, 0.4) is 0 Å². The van der Waals surface area contributed by atoms with Crippen LogP contribution in [0.15, 0.2) is 0 Å². The summed E-state index contributed by atoms with van der Waals surface area (Å²) in [7, 11) is 2.00. The summed E-state index contributed by atoms with van der Waals surface area (Å²) in [5, 5.41) is 3.27. The number of nitrogens with one attached hydrogen (secondary N) is 1. The van der Waals surface area contributed by atoms with Crippen molar-refractivity contribution in [2.45, 2.75) is 31.7 Å².